The summed E-state index contributed by atoms with van der Waals surface area (Å²) in [5.41, 5.74) is 13.2. The van der Waals surface area contributed by atoms with Crippen LogP contribution < -0.4 is 5.32 Å². The summed E-state index contributed by atoms with van der Waals surface area (Å²) in [6, 6.07) is 8.39. The molecule has 1 aliphatic heterocycles. The first kappa shape index (κ1) is 22.5. The zero-order valence-electron chi connectivity index (χ0n) is 20.7. The monoisotopic (exact) mass is 478 g/mol. The van der Waals surface area contributed by atoms with Crippen LogP contribution in [0.5, 0.6) is 0 Å². The number of hydrogen-bond acceptors (Lipinski definition) is 6. The number of nitrogens with zero attached hydrogens (tertiary/aromatic N) is 5. The number of nitrogens with one attached hydrogen (secondary N) is 3. The van der Waals surface area contributed by atoms with Crippen LogP contribution in [0.1, 0.15) is 23.7 Å². The molecule has 6 rings (SSSR count). The third-order valence-corrected chi connectivity index (χ3v) is 6.87. The Bertz CT molecular complexity index is 1490. The topological polar surface area (TPSA) is 88.8 Å². The summed E-state index contributed by atoms with van der Waals surface area (Å²) >= 11 is 0. The van der Waals surface area contributed by atoms with Gasteiger partial charge in [-0.25, -0.2) is 4.98 Å². The molecule has 182 valence electrons. The van der Waals surface area contributed by atoms with Crippen molar-refractivity contribution in [2.75, 3.05) is 39.8 Å². The van der Waals surface area contributed by atoms with Gasteiger partial charge in [0.25, 0.3) is 0 Å². The molecule has 0 amide bonds. The van der Waals surface area contributed by atoms with Crippen LogP contribution in [-0.2, 0) is 6.54 Å². The van der Waals surface area contributed by atoms with Crippen molar-refractivity contribution in [3.8, 4) is 22.6 Å². The van der Waals surface area contributed by atoms with Gasteiger partial charge in [0.1, 0.15) is 11.2 Å². The number of pyridine rings is 2. The highest BCUT2D eigenvalue weighted by molar-refractivity contribution is 5.91. The number of hydrogen-bond donors (Lipinski definition) is 3. The predicted octanol–water partition coefficient (Wildman–Crippen LogP) is 3.89. The van der Waals surface area contributed by atoms with Crippen molar-refractivity contribution in [3.05, 3.63) is 71.4 Å². The molecule has 0 atom stereocenters. The minimum atomic E-state index is 0.787. The fourth-order valence-corrected chi connectivity index (χ4v) is 4.84. The summed E-state index contributed by atoms with van der Waals surface area (Å²) in [5.74, 6) is 0. The van der Waals surface area contributed by atoms with E-state index in [4.69, 9.17) is 4.98 Å². The number of aromatic nitrogens is 5. The summed E-state index contributed by atoms with van der Waals surface area (Å²) in [7, 11) is 2.18. The van der Waals surface area contributed by atoms with Gasteiger partial charge < -0.3 is 20.1 Å². The number of rotatable bonds is 6. The smallest absolute Gasteiger partial charge is 0.135 e. The molecule has 3 N–H and O–H groups in total. The molecule has 0 saturated carbocycles. The first-order chi connectivity index (χ1) is 17.7. The molecule has 8 nitrogen and oxygen atoms in total. The van der Waals surface area contributed by atoms with Gasteiger partial charge in [-0.15, -0.1) is 5.73 Å². The maximum absolute atomic E-state index is 5.01. The summed E-state index contributed by atoms with van der Waals surface area (Å²) in [4.78, 5) is 17.9. The zero-order chi connectivity index (χ0) is 24.5. The molecule has 2 aliphatic rings. The Kier molecular flexibility index (Phi) is 5.99. The van der Waals surface area contributed by atoms with E-state index in [2.05, 4.69) is 73.2 Å². The van der Waals surface area contributed by atoms with Gasteiger partial charge in [0.05, 0.1) is 22.6 Å². The lowest BCUT2D eigenvalue weighted by Gasteiger charge is -2.35. The van der Waals surface area contributed by atoms with E-state index in [1.807, 2.05) is 36.7 Å². The van der Waals surface area contributed by atoms with E-state index in [0.29, 0.717) is 0 Å². The van der Waals surface area contributed by atoms with Gasteiger partial charge in [-0.2, -0.15) is 5.10 Å². The predicted molar refractivity (Wildman–Crippen MR) is 144 cm³/mol. The Morgan fingerprint density at radius 1 is 1.11 bits per heavy atom. The molecule has 1 saturated heterocycles. The molecule has 1 aliphatic carbocycles. The number of H-pyrrole nitrogens is 2. The summed E-state index contributed by atoms with van der Waals surface area (Å²) in [6.45, 7) is 7.94. The SMILES string of the molecule is CCNCc1cncc(-c2ccc3[nH]nc(-c4cc5c([nH]4)C=C=CC=C5N4CCN(C)CC4)c3n2)c1. The van der Waals surface area contributed by atoms with Crippen LogP contribution in [0, 0.1) is 0 Å². The maximum atomic E-state index is 5.01. The van der Waals surface area contributed by atoms with E-state index in [9.17, 15) is 0 Å². The van der Waals surface area contributed by atoms with E-state index in [1.54, 1.807) is 0 Å². The molecule has 0 aromatic carbocycles. The Balaban J connectivity index is 1.37. The lowest BCUT2D eigenvalue weighted by molar-refractivity contribution is 0.207. The van der Waals surface area contributed by atoms with Crippen molar-refractivity contribution in [1.29, 1.82) is 0 Å². The number of aromatic amines is 2. The first-order valence-corrected chi connectivity index (χ1v) is 12.5. The van der Waals surface area contributed by atoms with Gasteiger partial charge in [0, 0.05) is 68.0 Å². The Labute approximate surface area is 210 Å². The largest absolute Gasteiger partial charge is 0.368 e. The minimum Gasteiger partial charge on any atom is -0.368 e. The van der Waals surface area contributed by atoms with E-state index in [1.165, 1.54) is 11.3 Å². The fraction of sp³-hybridized carbons (Fsp3) is 0.286. The third-order valence-electron chi connectivity index (χ3n) is 6.87. The van der Waals surface area contributed by atoms with Gasteiger partial charge in [-0.1, -0.05) is 6.92 Å². The quantitative estimate of drug-likeness (QED) is 0.365. The number of likely N-dealkylation sites (N-methyl/N-ethyl adjacent to an activating group) is 1. The van der Waals surface area contributed by atoms with Crippen LogP contribution in [0.15, 0.2) is 54.5 Å². The minimum absolute atomic E-state index is 0.787. The molecule has 0 spiro atoms. The molecular formula is C28H30N8. The van der Waals surface area contributed by atoms with Crippen molar-refractivity contribution in [1.82, 2.24) is 40.3 Å². The summed E-state index contributed by atoms with van der Waals surface area (Å²) in [5, 5.41) is 11.2. The van der Waals surface area contributed by atoms with E-state index < -0.39 is 0 Å². The number of piperazine rings is 1. The van der Waals surface area contributed by atoms with Crippen molar-refractivity contribution in [2.24, 2.45) is 0 Å². The molecule has 36 heavy (non-hydrogen) atoms. The Hall–Kier alpha value is -3.97. The molecule has 8 heteroatoms. The second-order valence-corrected chi connectivity index (χ2v) is 9.36. The van der Waals surface area contributed by atoms with Crippen LogP contribution in [0.2, 0.25) is 0 Å². The highest BCUT2D eigenvalue weighted by atomic mass is 15.3. The fourth-order valence-electron chi connectivity index (χ4n) is 4.84. The van der Waals surface area contributed by atoms with Gasteiger partial charge in [0.2, 0.25) is 0 Å². The van der Waals surface area contributed by atoms with Crippen molar-refractivity contribution >= 4 is 22.8 Å². The van der Waals surface area contributed by atoms with Crippen LogP contribution in [0.4, 0.5) is 0 Å². The first-order valence-electron chi connectivity index (χ1n) is 12.5. The molecule has 0 radical (unpaired) electrons. The second kappa shape index (κ2) is 9.59. The standard InChI is InChI=1S/C28H30N8/c1-3-29-16-19-14-20(18-30-17-19)22-8-9-24-27(32-22)28(34-33-24)25-15-21-23(31-25)6-4-5-7-26(21)36-12-10-35(2)11-13-36/h5-9,14-15,17-18,29,31H,3,10-13,16H2,1-2H3,(H,33,34). The molecule has 4 aromatic rings. The van der Waals surface area contributed by atoms with Gasteiger partial charge >= 0.3 is 0 Å². The van der Waals surface area contributed by atoms with Crippen LogP contribution in [0.25, 0.3) is 45.5 Å². The van der Waals surface area contributed by atoms with E-state index in [0.717, 1.165) is 84.2 Å². The number of fused-ring (bicyclic) bond motifs is 2. The highest BCUT2D eigenvalue weighted by Crippen LogP contribution is 2.33. The molecule has 0 unspecified atom stereocenters. The maximum Gasteiger partial charge on any atom is 0.135 e. The Morgan fingerprint density at radius 2 is 2.00 bits per heavy atom. The lowest BCUT2D eigenvalue weighted by atomic mass is 10.1. The summed E-state index contributed by atoms with van der Waals surface area (Å²) < 4.78 is 0. The third kappa shape index (κ3) is 4.27. The van der Waals surface area contributed by atoms with E-state index >= 15 is 0 Å². The highest BCUT2D eigenvalue weighted by Gasteiger charge is 2.23. The molecule has 5 heterocycles. The van der Waals surface area contributed by atoms with Crippen LogP contribution in [-0.4, -0.2) is 74.7 Å². The van der Waals surface area contributed by atoms with Crippen molar-refractivity contribution in [3.63, 3.8) is 0 Å². The van der Waals surface area contributed by atoms with Crippen LogP contribution in [0.3, 0.4) is 0 Å². The average molecular weight is 479 g/mol. The lowest BCUT2D eigenvalue weighted by Crippen LogP contribution is -2.43. The van der Waals surface area contributed by atoms with Crippen molar-refractivity contribution < 1.29 is 0 Å². The molecule has 0 bridgehead atoms. The van der Waals surface area contributed by atoms with Gasteiger partial charge in [-0.05, 0) is 55.6 Å². The average Bonchev–Trinajstić information content (AvgIpc) is 3.47. The van der Waals surface area contributed by atoms with E-state index in [-0.39, 0.29) is 0 Å². The van der Waals surface area contributed by atoms with Crippen molar-refractivity contribution in [2.45, 2.75) is 13.5 Å². The number of allylic oxidation sites excluding steroid dienone is 2. The Morgan fingerprint density at radius 3 is 2.86 bits per heavy atom. The molecule has 4 aromatic heterocycles. The molecular weight excluding hydrogens is 448 g/mol. The second-order valence-electron chi connectivity index (χ2n) is 9.36. The van der Waals surface area contributed by atoms with Gasteiger partial charge in [0.15, 0.2) is 0 Å². The normalized spacial score (nSPS) is 15.8. The summed E-state index contributed by atoms with van der Waals surface area (Å²) in [6.07, 6.45) is 9.93. The van der Waals surface area contributed by atoms with Gasteiger partial charge in [-0.3, -0.25) is 10.1 Å². The van der Waals surface area contributed by atoms with Crippen LogP contribution >= 0.6 is 0 Å². The molecule has 1 fully saturated rings. The zero-order valence-corrected chi connectivity index (χ0v) is 20.7.